The molecular formula is C11H4BrF6NS. The molecular weight excluding hydrogens is 372 g/mol. The summed E-state index contributed by atoms with van der Waals surface area (Å²) in [4.78, 5) is 3.83. The molecule has 0 N–H and O–H groups in total. The van der Waals surface area contributed by atoms with Crippen LogP contribution in [-0.2, 0) is 12.4 Å². The molecule has 0 saturated heterocycles. The lowest BCUT2D eigenvalue weighted by atomic mass is 10.1. The lowest BCUT2D eigenvalue weighted by Crippen LogP contribution is -2.11. The van der Waals surface area contributed by atoms with E-state index in [4.69, 9.17) is 0 Å². The minimum absolute atomic E-state index is 0.0773. The van der Waals surface area contributed by atoms with E-state index in [1.54, 1.807) is 0 Å². The predicted octanol–water partition coefficient (Wildman–Crippen LogP) is 5.61. The van der Waals surface area contributed by atoms with Gasteiger partial charge in [-0.3, -0.25) is 0 Å². The fourth-order valence-corrected chi connectivity index (χ4v) is 2.71. The zero-order valence-electron chi connectivity index (χ0n) is 9.31. The molecule has 0 aliphatic carbocycles. The van der Waals surface area contributed by atoms with Crippen molar-refractivity contribution in [3.63, 3.8) is 0 Å². The molecule has 0 atom stereocenters. The Morgan fingerprint density at radius 1 is 0.900 bits per heavy atom. The Balaban J connectivity index is 2.63. The Kier molecular flexibility index (Phi) is 3.85. The smallest absolute Gasteiger partial charge is 0.229 e. The second kappa shape index (κ2) is 5.03. The van der Waals surface area contributed by atoms with Crippen LogP contribution < -0.4 is 0 Å². The number of hydrogen-bond donors (Lipinski definition) is 0. The third kappa shape index (κ3) is 3.32. The van der Waals surface area contributed by atoms with Crippen LogP contribution in [0.2, 0.25) is 0 Å². The highest BCUT2D eigenvalue weighted by Gasteiger charge is 2.37. The van der Waals surface area contributed by atoms with Crippen molar-refractivity contribution in [3.05, 3.63) is 39.3 Å². The number of aromatic nitrogens is 1. The van der Waals surface area contributed by atoms with Crippen molar-refractivity contribution in [1.29, 1.82) is 0 Å². The first kappa shape index (κ1) is 15.3. The molecule has 1 aromatic heterocycles. The average molecular weight is 376 g/mol. The van der Waals surface area contributed by atoms with Gasteiger partial charge < -0.3 is 0 Å². The number of rotatable bonds is 1. The highest BCUT2D eigenvalue weighted by molar-refractivity contribution is 9.10. The fourth-order valence-electron chi connectivity index (χ4n) is 1.47. The maximum Gasteiger partial charge on any atom is 0.416 e. The van der Waals surface area contributed by atoms with Gasteiger partial charge in [0.15, 0.2) is 0 Å². The van der Waals surface area contributed by atoms with Crippen LogP contribution in [0, 0.1) is 0 Å². The van der Waals surface area contributed by atoms with Crippen LogP contribution in [0.1, 0.15) is 11.1 Å². The molecule has 0 fully saturated rings. The summed E-state index contributed by atoms with van der Waals surface area (Å²) in [5, 5.41) is 1.55. The summed E-state index contributed by atoms with van der Waals surface area (Å²) < 4.78 is 76.3. The number of benzene rings is 1. The van der Waals surface area contributed by atoms with Crippen molar-refractivity contribution < 1.29 is 26.3 Å². The number of hydrogen-bond acceptors (Lipinski definition) is 2. The van der Waals surface area contributed by atoms with Gasteiger partial charge in [-0.25, -0.2) is 4.98 Å². The summed E-state index contributed by atoms with van der Waals surface area (Å²) in [6, 6.07) is 1.40. The van der Waals surface area contributed by atoms with E-state index in [0.29, 0.717) is 16.7 Å². The quantitative estimate of drug-likeness (QED) is 0.590. The number of alkyl halides is 6. The van der Waals surface area contributed by atoms with E-state index < -0.39 is 23.5 Å². The predicted molar refractivity (Wildman–Crippen MR) is 65.3 cm³/mol. The Morgan fingerprint density at radius 3 is 1.75 bits per heavy atom. The van der Waals surface area contributed by atoms with Gasteiger partial charge in [0.1, 0.15) is 9.61 Å². The third-order valence-electron chi connectivity index (χ3n) is 2.31. The van der Waals surface area contributed by atoms with Crippen LogP contribution in [0.25, 0.3) is 10.6 Å². The summed E-state index contributed by atoms with van der Waals surface area (Å²) in [6.45, 7) is 0. The summed E-state index contributed by atoms with van der Waals surface area (Å²) in [6.07, 6.45) is -9.71. The summed E-state index contributed by atoms with van der Waals surface area (Å²) in [5.41, 5.74) is -2.93. The van der Waals surface area contributed by atoms with E-state index in [9.17, 15) is 26.3 Å². The third-order valence-corrected chi connectivity index (χ3v) is 3.91. The zero-order chi connectivity index (χ0) is 15.1. The molecule has 1 aromatic carbocycles. The van der Waals surface area contributed by atoms with Gasteiger partial charge in [-0.15, -0.1) is 11.3 Å². The van der Waals surface area contributed by atoms with E-state index in [1.165, 1.54) is 5.38 Å². The Bertz CT molecular complexity index is 598. The molecule has 2 aromatic rings. The molecule has 0 saturated carbocycles. The maximum absolute atomic E-state index is 12.7. The SMILES string of the molecule is FC(F)(F)c1cc(-c2nc(Br)cs2)cc(C(F)(F)F)c1. The first-order valence-corrected chi connectivity index (χ1v) is 6.65. The highest BCUT2D eigenvalue weighted by atomic mass is 79.9. The van der Waals surface area contributed by atoms with E-state index in [1.807, 2.05) is 0 Å². The fraction of sp³-hybridized carbons (Fsp3) is 0.182. The van der Waals surface area contributed by atoms with Crippen LogP contribution in [0.15, 0.2) is 28.2 Å². The van der Waals surface area contributed by atoms with E-state index in [0.717, 1.165) is 11.3 Å². The van der Waals surface area contributed by atoms with Crippen LogP contribution in [0.3, 0.4) is 0 Å². The molecule has 9 heteroatoms. The van der Waals surface area contributed by atoms with Gasteiger partial charge in [0, 0.05) is 10.9 Å². The molecule has 0 spiro atoms. The monoisotopic (exact) mass is 375 g/mol. The molecule has 0 radical (unpaired) electrons. The highest BCUT2D eigenvalue weighted by Crippen LogP contribution is 2.39. The lowest BCUT2D eigenvalue weighted by molar-refractivity contribution is -0.143. The number of thiazole rings is 1. The molecule has 20 heavy (non-hydrogen) atoms. The Labute approximate surface area is 121 Å². The van der Waals surface area contributed by atoms with Crippen LogP contribution in [0.4, 0.5) is 26.3 Å². The maximum atomic E-state index is 12.7. The minimum atomic E-state index is -4.86. The normalized spacial score (nSPS) is 12.8. The van der Waals surface area contributed by atoms with Gasteiger partial charge >= 0.3 is 12.4 Å². The van der Waals surface area contributed by atoms with Gasteiger partial charge in [-0.1, -0.05) is 0 Å². The second-order valence-corrected chi connectivity index (χ2v) is 5.44. The first-order valence-electron chi connectivity index (χ1n) is 4.98. The molecule has 0 bridgehead atoms. The van der Waals surface area contributed by atoms with Crippen molar-refractivity contribution in [2.75, 3.05) is 0 Å². The van der Waals surface area contributed by atoms with Crippen molar-refractivity contribution in [1.82, 2.24) is 4.98 Å². The molecule has 1 heterocycles. The standard InChI is InChI=1S/C11H4BrF6NS/c12-8-4-20-9(19-8)5-1-6(10(13,14)15)3-7(2-5)11(16,17)18/h1-4H. The molecule has 0 aliphatic rings. The zero-order valence-corrected chi connectivity index (χ0v) is 11.7. The van der Waals surface area contributed by atoms with Crippen LogP contribution in [-0.4, -0.2) is 4.98 Å². The Hall–Kier alpha value is -1.09. The molecule has 108 valence electrons. The summed E-state index contributed by atoms with van der Waals surface area (Å²) in [7, 11) is 0. The van der Waals surface area contributed by atoms with Gasteiger partial charge in [0.2, 0.25) is 0 Å². The number of nitrogens with zero attached hydrogens (tertiary/aromatic N) is 1. The van der Waals surface area contributed by atoms with Crippen molar-refractivity contribution in [2.24, 2.45) is 0 Å². The molecule has 0 unspecified atom stereocenters. The lowest BCUT2D eigenvalue weighted by Gasteiger charge is -2.13. The second-order valence-electron chi connectivity index (χ2n) is 3.77. The van der Waals surface area contributed by atoms with E-state index in [2.05, 4.69) is 20.9 Å². The first-order chi connectivity index (χ1) is 9.07. The van der Waals surface area contributed by atoms with Gasteiger partial charge in [0.05, 0.1) is 11.1 Å². The van der Waals surface area contributed by atoms with Gasteiger partial charge in [-0.05, 0) is 34.1 Å². The van der Waals surface area contributed by atoms with Crippen LogP contribution >= 0.6 is 27.3 Å². The molecule has 0 amide bonds. The molecule has 0 aliphatic heterocycles. The van der Waals surface area contributed by atoms with Gasteiger partial charge in [0.25, 0.3) is 0 Å². The largest absolute Gasteiger partial charge is 0.416 e. The van der Waals surface area contributed by atoms with Crippen molar-refractivity contribution >= 4 is 27.3 Å². The van der Waals surface area contributed by atoms with E-state index >= 15 is 0 Å². The molecule has 1 nitrogen and oxygen atoms in total. The van der Waals surface area contributed by atoms with E-state index in [-0.39, 0.29) is 16.6 Å². The molecule has 2 rings (SSSR count). The average Bonchev–Trinajstić information content (AvgIpc) is 2.73. The van der Waals surface area contributed by atoms with Crippen molar-refractivity contribution in [2.45, 2.75) is 12.4 Å². The Morgan fingerprint density at radius 2 is 1.40 bits per heavy atom. The summed E-state index contributed by atoms with van der Waals surface area (Å²) in [5.74, 6) is 0. The topological polar surface area (TPSA) is 12.9 Å². The minimum Gasteiger partial charge on any atom is -0.229 e. The van der Waals surface area contributed by atoms with Crippen molar-refractivity contribution in [3.8, 4) is 10.6 Å². The summed E-state index contributed by atoms with van der Waals surface area (Å²) >= 11 is 3.95. The van der Waals surface area contributed by atoms with Crippen LogP contribution in [0.5, 0.6) is 0 Å². The van der Waals surface area contributed by atoms with Gasteiger partial charge in [-0.2, -0.15) is 26.3 Å². The number of halogens is 7.